The molecule has 0 amide bonds. The lowest BCUT2D eigenvalue weighted by molar-refractivity contribution is -0.143. The van der Waals surface area contributed by atoms with Crippen molar-refractivity contribution in [3.8, 4) is 0 Å². The Labute approximate surface area is 119 Å². The number of aliphatic carboxylic acids is 1. The zero-order valence-electron chi connectivity index (χ0n) is 11.1. The summed E-state index contributed by atoms with van der Waals surface area (Å²) >= 11 is 5.86. The fraction of sp³-hybridized carbons (Fsp3) is 0.562. The van der Waals surface area contributed by atoms with Crippen LogP contribution in [-0.4, -0.2) is 11.1 Å². The molecule has 2 rings (SSSR count). The summed E-state index contributed by atoms with van der Waals surface area (Å²) < 4.78 is 0. The molecule has 0 aromatic heterocycles. The van der Waals surface area contributed by atoms with Gasteiger partial charge in [0.15, 0.2) is 0 Å². The molecule has 0 spiro atoms. The summed E-state index contributed by atoms with van der Waals surface area (Å²) in [5.74, 6) is -0.572. The molecule has 0 aliphatic heterocycles. The third kappa shape index (κ3) is 4.24. The molecule has 19 heavy (non-hydrogen) atoms. The minimum atomic E-state index is -0.651. The number of rotatable bonds is 4. The van der Waals surface area contributed by atoms with Crippen molar-refractivity contribution in [2.24, 2.45) is 11.8 Å². The first-order valence-corrected chi connectivity index (χ1v) is 7.52. The molecule has 1 saturated carbocycles. The second kappa shape index (κ2) is 6.95. The van der Waals surface area contributed by atoms with E-state index in [4.69, 9.17) is 11.6 Å². The van der Waals surface area contributed by atoms with Crippen molar-refractivity contribution in [3.05, 3.63) is 34.9 Å². The van der Waals surface area contributed by atoms with Crippen molar-refractivity contribution < 1.29 is 9.90 Å². The Balaban J connectivity index is 2.06. The van der Waals surface area contributed by atoms with Crippen LogP contribution in [0.15, 0.2) is 24.3 Å². The molecule has 1 atom stereocenters. The highest BCUT2D eigenvalue weighted by atomic mass is 35.5. The number of hydrogen-bond donors (Lipinski definition) is 1. The Hall–Kier alpha value is -1.02. The Morgan fingerprint density at radius 3 is 2.26 bits per heavy atom. The number of carboxylic acid groups (broad SMARTS) is 1. The van der Waals surface area contributed by atoms with Gasteiger partial charge in [-0.2, -0.15) is 0 Å². The molecule has 1 N–H and O–H groups in total. The quantitative estimate of drug-likeness (QED) is 0.821. The van der Waals surface area contributed by atoms with Crippen LogP contribution in [-0.2, 0) is 11.2 Å². The van der Waals surface area contributed by atoms with Crippen molar-refractivity contribution in [2.45, 2.75) is 44.9 Å². The highest BCUT2D eigenvalue weighted by Crippen LogP contribution is 2.31. The SMILES string of the molecule is O=C(O)C(Cc1ccc(Cl)cc1)C1CCCCCC1. The molecule has 1 fully saturated rings. The van der Waals surface area contributed by atoms with Crippen molar-refractivity contribution in [1.29, 1.82) is 0 Å². The van der Waals surface area contributed by atoms with Crippen LogP contribution in [0, 0.1) is 11.8 Å². The lowest BCUT2D eigenvalue weighted by Gasteiger charge is -2.22. The smallest absolute Gasteiger partial charge is 0.307 e. The van der Waals surface area contributed by atoms with Crippen LogP contribution in [0.5, 0.6) is 0 Å². The molecule has 0 heterocycles. The number of carboxylic acids is 1. The second-order valence-corrected chi connectivity index (χ2v) is 5.96. The maximum atomic E-state index is 11.6. The minimum Gasteiger partial charge on any atom is -0.481 e. The van der Waals surface area contributed by atoms with Crippen molar-refractivity contribution in [1.82, 2.24) is 0 Å². The number of benzene rings is 1. The minimum absolute atomic E-state index is 0.251. The van der Waals surface area contributed by atoms with Gasteiger partial charge in [0.25, 0.3) is 0 Å². The summed E-state index contributed by atoms with van der Waals surface area (Å²) in [5, 5.41) is 10.2. The van der Waals surface area contributed by atoms with Gasteiger partial charge in [-0.05, 0) is 42.9 Å². The predicted molar refractivity (Wildman–Crippen MR) is 77.5 cm³/mol. The van der Waals surface area contributed by atoms with Crippen LogP contribution in [0.25, 0.3) is 0 Å². The largest absolute Gasteiger partial charge is 0.481 e. The standard InChI is InChI=1S/C16H21ClO2/c17-14-9-7-12(8-10-14)11-15(16(18)19)13-5-3-1-2-4-6-13/h7-10,13,15H,1-6,11H2,(H,18,19). The third-order valence-corrected chi connectivity index (χ3v) is 4.41. The summed E-state index contributed by atoms with van der Waals surface area (Å²) in [6.45, 7) is 0. The molecule has 0 saturated heterocycles. The van der Waals surface area contributed by atoms with Gasteiger partial charge in [0.05, 0.1) is 5.92 Å². The molecule has 3 heteroatoms. The lowest BCUT2D eigenvalue weighted by Crippen LogP contribution is -2.25. The zero-order valence-corrected chi connectivity index (χ0v) is 11.9. The number of hydrogen-bond acceptors (Lipinski definition) is 1. The van der Waals surface area contributed by atoms with E-state index in [-0.39, 0.29) is 5.92 Å². The molecular weight excluding hydrogens is 260 g/mol. The fourth-order valence-electron chi connectivity index (χ4n) is 3.04. The molecule has 0 bridgehead atoms. The number of carbonyl (C=O) groups is 1. The van der Waals surface area contributed by atoms with Gasteiger partial charge in [-0.15, -0.1) is 0 Å². The van der Waals surface area contributed by atoms with Gasteiger partial charge in [0.1, 0.15) is 0 Å². The van der Waals surface area contributed by atoms with E-state index in [1.54, 1.807) is 0 Å². The molecule has 0 radical (unpaired) electrons. The second-order valence-electron chi connectivity index (χ2n) is 5.53. The van der Waals surface area contributed by atoms with Gasteiger partial charge >= 0.3 is 5.97 Å². The first kappa shape index (κ1) is 14.4. The summed E-state index contributed by atoms with van der Waals surface area (Å²) in [4.78, 5) is 11.6. The molecule has 1 aromatic rings. The molecule has 2 nitrogen and oxygen atoms in total. The van der Waals surface area contributed by atoms with Gasteiger partial charge in [0, 0.05) is 5.02 Å². The summed E-state index contributed by atoms with van der Waals surface area (Å²) in [6.07, 6.45) is 7.60. The highest BCUT2D eigenvalue weighted by molar-refractivity contribution is 6.30. The topological polar surface area (TPSA) is 37.3 Å². The van der Waals surface area contributed by atoms with Gasteiger partial charge < -0.3 is 5.11 Å². The Morgan fingerprint density at radius 1 is 1.16 bits per heavy atom. The summed E-state index contributed by atoms with van der Waals surface area (Å²) in [5.41, 5.74) is 1.07. The third-order valence-electron chi connectivity index (χ3n) is 4.15. The molecule has 1 unspecified atom stereocenters. The average Bonchev–Trinajstić information content (AvgIpc) is 2.66. The van der Waals surface area contributed by atoms with Crippen molar-refractivity contribution in [3.63, 3.8) is 0 Å². The van der Waals surface area contributed by atoms with Crippen LogP contribution < -0.4 is 0 Å². The first-order valence-electron chi connectivity index (χ1n) is 7.14. The summed E-state index contributed by atoms with van der Waals surface area (Å²) in [7, 11) is 0. The van der Waals surface area contributed by atoms with Crippen molar-refractivity contribution in [2.75, 3.05) is 0 Å². The van der Waals surface area contributed by atoms with Crippen LogP contribution >= 0.6 is 11.6 Å². The predicted octanol–water partition coefficient (Wildman–Crippen LogP) is 4.55. The average molecular weight is 281 g/mol. The lowest BCUT2D eigenvalue weighted by atomic mass is 9.82. The molecule has 1 aliphatic carbocycles. The Kier molecular flexibility index (Phi) is 5.26. The maximum absolute atomic E-state index is 11.6. The van der Waals surface area contributed by atoms with E-state index in [9.17, 15) is 9.90 Å². The van der Waals surface area contributed by atoms with Gasteiger partial charge in [-0.1, -0.05) is 49.4 Å². The van der Waals surface area contributed by atoms with Crippen LogP contribution in [0.3, 0.4) is 0 Å². The van der Waals surface area contributed by atoms with Crippen molar-refractivity contribution >= 4 is 17.6 Å². The fourth-order valence-corrected chi connectivity index (χ4v) is 3.17. The van der Waals surface area contributed by atoms with E-state index in [0.29, 0.717) is 17.4 Å². The Bertz CT molecular complexity index is 405. The summed E-state index contributed by atoms with van der Waals surface area (Å²) in [6, 6.07) is 7.55. The highest BCUT2D eigenvalue weighted by Gasteiger charge is 2.28. The zero-order chi connectivity index (χ0) is 13.7. The monoisotopic (exact) mass is 280 g/mol. The molecule has 1 aliphatic rings. The van der Waals surface area contributed by atoms with E-state index >= 15 is 0 Å². The van der Waals surface area contributed by atoms with E-state index in [0.717, 1.165) is 18.4 Å². The molecule has 1 aromatic carbocycles. The van der Waals surface area contributed by atoms with Gasteiger partial charge in [0.2, 0.25) is 0 Å². The number of halogens is 1. The van der Waals surface area contributed by atoms with Crippen LogP contribution in [0.2, 0.25) is 5.02 Å². The van der Waals surface area contributed by atoms with E-state index in [1.807, 2.05) is 24.3 Å². The van der Waals surface area contributed by atoms with Crippen LogP contribution in [0.1, 0.15) is 44.1 Å². The normalized spacial score (nSPS) is 18.8. The van der Waals surface area contributed by atoms with Crippen LogP contribution in [0.4, 0.5) is 0 Å². The molecule has 104 valence electrons. The van der Waals surface area contributed by atoms with Gasteiger partial charge in [-0.25, -0.2) is 0 Å². The molecular formula is C16H21ClO2. The Morgan fingerprint density at radius 2 is 1.74 bits per heavy atom. The van der Waals surface area contributed by atoms with E-state index in [1.165, 1.54) is 25.7 Å². The maximum Gasteiger partial charge on any atom is 0.307 e. The van der Waals surface area contributed by atoms with E-state index < -0.39 is 5.97 Å². The first-order chi connectivity index (χ1) is 9.16. The van der Waals surface area contributed by atoms with E-state index in [2.05, 4.69) is 0 Å². The van der Waals surface area contributed by atoms with Gasteiger partial charge in [-0.3, -0.25) is 4.79 Å².